The van der Waals surface area contributed by atoms with Crippen molar-refractivity contribution in [1.29, 1.82) is 0 Å². The van der Waals surface area contributed by atoms with Crippen LogP contribution < -0.4 is 0 Å². The molecule has 5 heteroatoms. The van der Waals surface area contributed by atoms with Crippen molar-refractivity contribution in [3.05, 3.63) is 107 Å². The molecule has 0 aromatic heterocycles. The second-order valence-electron chi connectivity index (χ2n) is 9.09. The van der Waals surface area contributed by atoms with Crippen molar-refractivity contribution in [2.45, 2.75) is 44.1 Å². The zero-order chi connectivity index (χ0) is 24.0. The lowest BCUT2D eigenvalue weighted by Gasteiger charge is -2.41. The van der Waals surface area contributed by atoms with Crippen LogP contribution >= 0.6 is 0 Å². The van der Waals surface area contributed by atoms with Gasteiger partial charge in [-0.15, -0.1) is 0 Å². The van der Waals surface area contributed by atoms with Crippen LogP contribution in [-0.2, 0) is 15.1 Å². The summed E-state index contributed by atoms with van der Waals surface area (Å²) in [5, 5.41) is 0. The summed E-state index contributed by atoms with van der Waals surface area (Å²) < 4.78 is 32.8. The Kier molecular flexibility index (Phi) is 7.73. The van der Waals surface area contributed by atoms with Gasteiger partial charge < -0.3 is 9.64 Å². The van der Waals surface area contributed by atoms with Crippen molar-refractivity contribution in [3.63, 3.8) is 0 Å². The summed E-state index contributed by atoms with van der Waals surface area (Å²) in [5.74, 6) is -0.691. The van der Waals surface area contributed by atoms with Crippen LogP contribution in [0.4, 0.5) is 8.78 Å². The minimum Gasteiger partial charge on any atom is -0.454 e. The molecule has 3 aromatic rings. The van der Waals surface area contributed by atoms with Crippen LogP contribution in [-0.4, -0.2) is 30.5 Å². The lowest BCUT2D eigenvalue weighted by molar-refractivity contribution is -0.164. The molecule has 0 saturated carbocycles. The van der Waals surface area contributed by atoms with E-state index in [2.05, 4.69) is 4.90 Å². The Labute approximate surface area is 200 Å². The van der Waals surface area contributed by atoms with E-state index >= 15 is 0 Å². The van der Waals surface area contributed by atoms with E-state index in [1.54, 1.807) is 0 Å². The Hall–Kier alpha value is -3.05. The predicted molar refractivity (Wildman–Crippen MR) is 129 cm³/mol. The van der Waals surface area contributed by atoms with Gasteiger partial charge in [0.25, 0.3) is 0 Å². The highest BCUT2D eigenvalue weighted by Gasteiger charge is 2.39. The molecular weight excluding hydrogens is 432 g/mol. The van der Waals surface area contributed by atoms with Crippen LogP contribution in [0.1, 0.15) is 55.2 Å². The highest BCUT2D eigenvalue weighted by Crippen LogP contribution is 2.37. The Morgan fingerprint density at radius 2 is 1.41 bits per heavy atom. The van der Waals surface area contributed by atoms with Gasteiger partial charge in [-0.1, -0.05) is 54.6 Å². The number of likely N-dealkylation sites (tertiary alicyclic amines) is 1. The molecule has 0 N–H and O–H groups in total. The first-order valence-electron chi connectivity index (χ1n) is 11.9. The van der Waals surface area contributed by atoms with Gasteiger partial charge in [-0.3, -0.25) is 4.79 Å². The summed E-state index contributed by atoms with van der Waals surface area (Å²) in [5.41, 5.74) is 2.56. The van der Waals surface area contributed by atoms with E-state index in [0.29, 0.717) is 0 Å². The average Bonchev–Trinajstić information content (AvgIpc) is 2.85. The van der Waals surface area contributed by atoms with E-state index in [0.717, 1.165) is 62.0 Å². The first kappa shape index (κ1) is 24.1. The Morgan fingerprint density at radius 3 is 1.91 bits per heavy atom. The third-order valence-corrected chi connectivity index (χ3v) is 6.81. The van der Waals surface area contributed by atoms with Crippen LogP contribution in [0.5, 0.6) is 0 Å². The average molecular weight is 464 g/mol. The van der Waals surface area contributed by atoms with Crippen molar-refractivity contribution >= 4 is 5.97 Å². The van der Waals surface area contributed by atoms with Crippen molar-refractivity contribution in [3.8, 4) is 0 Å². The molecule has 0 spiro atoms. The van der Waals surface area contributed by atoms with Gasteiger partial charge in [0.15, 0.2) is 0 Å². The van der Waals surface area contributed by atoms with Crippen LogP contribution in [0.3, 0.4) is 0 Å². The zero-order valence-electron chi connectivity index (χ0n) is 19.6. The maximum Gasteiger partial charge on any atom is 0.303 e. The fourth-order valence-corrected chi connectivity index (χ4v) is 5.04. The zero-order valence-corrected chi connectivity index (χ0v) is 19.6. The standard InChI is InChI=1S/C29H31F2NO2/c1-22(33)34-29(25-6-3-2-4-7-25)17-20-32(21-18-29)19-5-8-28(23-9-13-26(30)14-10-23)24-11-15-27(31)16-12-24/h2-4,6-7,9-16,28H,5,8,17-21H2,1H3. The summed E-state index contributed by atoms with van der Waals surface area (Å²) in [6.07, 6.45) is 3.35. The maximum atomic E-state index is 13.5. The third kappa shape index (κ3) is 5.89. The van der Waals surface area contributed by atoms with Gasteiger partial charge in [0.2, 0.25) is 0 Å². The Morgan fingerprint density at radius 1 is 0.882 bits per heavy atom. The van der Waals surface area contributed by atoms with Crippen LogP contribution in [0.15, 0.2) is 78.9 Å². The first-order chi connectivity index (χ1) is 16.4. The molecule has 4 rings (SSSR count). The lowest BCUT2D eigenvalue weighted by Crippen LogP contribution is -2.45. The van der Waals surface area contributed by atoms with Gasteiger partial charge in [-0.2, -0.15) is 0 Å². The summed E-state index contributed by atoms with van der Waals surface area (Å²) in [4.78, 5) is 14.3. The van der Waals surface area contributed by atoms with Crippen LogP contribution in [0.25, 0.3) is 0 Å². The third-order valence-electron chi connectivity index (χ3n) is 6.81. The number of ether oxygens (including phenoxy) is 1. The number of carbonyl (C=O) groups excluding carboxylic acids is 1. The molecule has 1 heterocycles. The molecule has 1 aliphatic rings. The second kappa shape index (κ2) is 10.9. The molecule has 0 atom stereocenters. The van der Waals surface area contributed by atoms with E-state index < -0.39 is 5.60 Å². The molecule has 178 valence electrons. The number of benzene rings is 3. The number of hydrogen-bond donors (Lipinski definition) is 0. The molecule has 0 amide bonds. The Balaban J connectivity index is 1.39. The number of hydrogen-bond acceptors (Lipinski definition) is 3. The number of piperidine rings is 1. The number of carbonyl (C=O) groups is 1. The number of rotatable bonds is 8. The molecular formula is C29H31F2NO2. The Bertz CT molecular complexity index is 1010. The molecule has 0 unspecified atom stereocenters. The quantitative estimate of drug-likeness (QED) is 0.361. The fourth-order valence-electron chi connectivity index (χ4n) is 5.04. The van der Waals surface area contributed by atoms with E-state index in [-0.39, 0.29) is 23.5 Å². The predicted octanol–water partition coefficient (Wildman–Crippen LogP) is 6.43. The highest BCUT2D eigenvalue weighted by atomic mass is 19.1. The van der Waals surface area contributed by atoms with E-state index in [9.17, 15) is 13.6 Å². The van der Waals surface area contributed by atoms with Crippen LogP contribution in [0.2, 0.25) is 0 Å². The first-order valence-corrected chi connectivity index (χ1v) is 11.9. The van der Waals surface area contributed by atoms with E-state index in [1.807, 2.05) is 54.6 Å². The van der Waals surface area contributed by atoms with E-state index in [1.165, 1.54) is 31.2 Å². The molecule has 3 nitrogen and oxygen atoms in total. The molecule has 0 radical (unpaired) electrons. The van der Waals surface area contributed by atoms with Gasteiger partial charge in [0, 0.05) is 38.8 Å². The van der Waals surface area contributed by atoms with Crippen LogP contribution in [0, 0.1) is 11.6 Å². The van der Waals surface area contributed by atoms with Gasteiger partial charge in [0.05, 0.1) is 0 Å². The summed E-state index contributed by atoms with van der Waals surface area (Å²) in [6, 6.07) is 23.2. The molecule has 0 bridgehead atoms. The molecule has 1 aliphatic heterocycles. The van der Waals surface area contributed by atoms with Crippen molar-refractivity contribution in [2.75, 3.05) is 19.6 Å². The summed E-state index contributed by atoms with van der Waals surface area (Å²) in [6.45, 7) is 4.09. The highest BCUT2D eigenvalue weighted by molar-refractivity contribution is 5.67. The minimum absolute atomic E-state index is 0.0791. The molecule has 34 heavy (non-hydrogen) atoms. The number of esters is 1. The van der Waals surface area contributed by atoms with Gasteiger partial charge in [0.1, 0.15) is 17.2 Å². The summed E-state index contributed by atoms with van der Waals surface area (Å²) >= 11 is 0. The second-order valence-corrected chi connectivity index (χ2v) is 9.09. The van der Waals surface area contributed by atoms with Crippen molar-refractivity contribution in [1.82, 2.24) is 4.90 Å². The molecule has 1 saturated heterocycles. The molecule has 0 aliphatic carbocycles. The van der Waals surface area contributed by atoms with E-state index in [4.69, 9.17) is 4.74 Å². The summed E-state index contributed by atoms with van der Waals surface area (Å²) in [7, 11) is 0. The topological polar surface area (TPSA) is 29.5 Å². The van der Waals surface area contributed by atoms with Crippen molar-refractivity contribution < 1.29 is 18.3 Å². The fraction of sp³-hybridized carbons (Fsp3) is 0.345. The minimum atomic E-state index is -0.561. The van der Waals surface area contributed by atoms with Crippen molar-refractivity contribution in [2.24, 2.45) is 0 Å². The number of halogens is 2. The molecule has 1 fully saturated rings. The van der Waals surface area contributed by atoms with Gasteiger partial charge >= 0.3 is 5.97 Å². The van der Waals surface area contributed by atoms with Gasteiger partial charge in [-0.05, 0) is 60.3 Å². The normalized spacial score (nSPS) is 15.9. The number of nitrogens with zero attached hydrogens (tertiary/aromatic N) is 1. The maximum absolute atomic E-state index is 13.5. The van der Waals surface area contributed by atoms with Gasteiger partial charge in [-0.25, -0.2) is 8.78 Å². The SMILES string of the molecule is CC(=O)OC1(c2ccccc2)CCN(CCCC(c2ccc(F)cc2)c2ccc(F)cc2)CC1. The smallest absolute Gasteiger partial charge is 0.303 e. The lowest BCUT2D eigenvalue weighted by atomic mass is 9.83. The largest absolute Gasteiger partial charge is 0.454 e. The monoisotopic (exact) mass is 463 g/mol. The molecule has 3 aromatic carbocycles.